The van der Waals surface area contributed by atoms with Gasteiger partial charge in [-0.3, -0.25) is 14.2 Å². The number of fused-ring (bicyclic) bond motifs is 1. The molecule has 0 bridgehead atoms. The van der Waals surface area contributed by atoms with E-state index in [1.54, 1.807) is 42.0 Å². The molecule has 0 aliphatic heterocycles. The zero-order valence-corrected chi connectivity index (χ0v) is 19.1. The molecule has 1 unspecified atom stereocenters. The van der Waals surface area contributed by atoms with Crippen molar-refractivity contribution in [1.82, 2.24) is 14.2 Å². The first-order chi connectivity index (χ1) is 16.8. The summed E-state index contributed by atoms with van der Waals surface area (Å²) in [4.78, 5) is 37.6. The Balaban J connectivity index is 1.76. The standard InChI is InChI=1S/C24H18ClN5O5/c1-2-20(23(32)28-16-6-8-30-17(10-16)5-7-27-30)29-13-21(35-24(33)34)19(11-22(29)31)18-9-15(25)4-3-14(18)12-26/h3-11,13,20H,2H2,1H3,(H,28,32)(H,33,34). The lowest BCUT2D eigenvalue weighted by molar-refractivity contribution is -0.119. The lowest BCUT2D eigenvalue weighted by atomic mass is 10.00. The fourth-order valence-corrected chi connectivity index (χ4v) is 3.90. The summed E-state index contributed by atoms with van der Waals surface area (Å²) in [5.74, 6) is -0.698. The molecule has 0 saturated carbocycles. The van der Waals surface area contributed by atoms with E-state index in [1.807, 2.05) is 6.07 Å². The van der Waals surface area contributed by atoms with Gasteiger partial charge in [-0.1, -0.05) is 18.5 Å². The number of hydrogen-bond acceptors (Lipinski definition) is 6. The predicted octanol–water partition coefficient (Wildman–Crippen LogP) is 4.33. The number of carboxylic acid groups (broad SMARTS) is 1. The third-order valence-electron chi connectivity index (χ3n) is 5.33. The molecule has 3 heterocycles. The molecule has 1 atom stereocenters. The Morgan fingerprint density at radius 1 is 1.23 bits per heavy atom. The molecule has 11 heteroatoms. The highest BCUT2D eigenvalue weighted by Crippen LogP contribution is 2.34. The molecule has 2 N–H and O–H groups in total. The van der Waals surface area contributed by atoms with Crippen LogP contribution < -0.4 is 15.6 Å². The molecule has 10 nitrogen and oxygen atoms in total. The van der Waals surface area contributed by atoms with Crippen molar-refractivity contribution in [1.29, 1.82) is 5.26 Å². The van der Waals surface area contributed by atoms with Crippen LogP contribution >= 0.6 is 11.6 Å². The van der Waals surface area contributed by atoms with Crippen molar-refractivity contribution < 1.29 is 19.4 Å². The molecule has 0 aliphatic rings. The molecule has 35 heavy (non-hydrogen) atoms. The highest BCUT2D eigenvalue weighted by Gasteiger charge is 2.24. The molecular weight excluding hydrogens is 474 g/mol. The summed E-state index contributed by atoms with van der Waals surface area (Å²) in [5.41, 5.74) is 1.15. The van der Waals surface area contributed by atoms with E-state index in [0.29, 0.717) is 5.69 Å². The molecule has 1 aromatic carbocycles. The minimum absolute atomic E-state index is 0.0640. The Hall–Kier alpha value is -4.62. The normalized spacial score (nSPS) is 11.6. The third-order valence-corrected chi connectivity index (χ3v) is 5.56. The van der Waals surface area contributed by atoms with Gasteiger partial charge in [-0.2, -0.15) is 10.4 Å². The molecule has 4 aromatic rings. The lowest BCUT2D eigenvalue weighted by Crippen LogP contribution is -2.33. The first kappa shape index (κ1) is 23.5. The third kappa shape index (κ3) is 4.85. The Morgan fingerprint density at radius 2 is 2.03 bits per heavy atom. The minimum atomic E-state index is -1.62. The number of ether oxygens (including phenoxy) is 1. The van der Waals surface area contributed by atoms with Crippen molar-refractivity contribution in [3.8, 4) is 22.9 Å². The Bertz CT molecular complexity index is 1550. The number of benzene rings is 1. The van der Waals surface area contributed by atoms with Crippen molar-refractivity contribution in [3.63, 3.8) is 0 Å². The number of aromatic nitrogens is 3. The number of hydrogen-bond donors (Lipinski definition) is 2. The summed E-state index contributed by atoms with van der Waals surface area (Å²) in [7, 11) is 0. The number of pyridine rings is 2. The second-order valence-electron chi connectivity index (χ2n) is 7.50. The monoisotopic (exact) mass is 491 g/mol. The van der Waals surface area contributed by atoms with Gasteiger partial charge in [0.25, 0.3) is 5.56 Å². The van der Waals surface area contributed by atoms with Crippen LogP contribution in [-0.2, 0) is 4.79 Å². The van der Waals surface area contributed by atoms with Gasteiger partial charge in [0, 0.05) is 40.3 Å². The summed E-state index contributed by atoms with van der Waals surface area (Å²) >= 11 is 6.07. The van der Waals surface area contributed by atoms with Gasteiger partial charge in [-0.05, 0) is 42.8 Å². The number of anilines is 1. The van der Waals surface area contributed by atoms with E-state index >= 15 is 0 Å². The molecule has 176 valence electrons. The summed E-state index contributed by atoms with van der Waals surface area (Å²) in [6, 6.07) is 11.7. The zero-order valence-electron chi connectivity index (χ0n) is 18.3. The number of carbonyl (C=O) groups excluding carboxylic acids is 1. The van der Waals surface area contributed by atoms with Crippen LogP contribution in [0.2, 0.25) is 5.02 Å². The van der Waals surface area contributed by atoms with Crippen LogP contribution in [0.5, 0.6) is 5.75 Å². The van der Waals surface area contributed by atoms with Crippen LogP contribution in [0.15, 0.2) is 65.8 Å². The second-order valence-corrected chi connectivity index (χ2v) is 7.93. The molecule has 3 aromatic heterocycles. The maximum absolute atomic E-state index is 13.1. The second kappa shape index (κ2) is 9.70. The fourth-order valence-electron chi connectivity index (χ4n) is 3.73. The Morgan fingerprint density at radius 3 is 2.74 bits per heavy atom. The van der Waals surface area contributed by atoms with Crippen molar-refractivity contribution in [3.05, 3.63) is 82.0 Å². The van der Waals surface area contributed by atoms with Gasteiger partial charge >= 0.3 is 6.16 Å². The van der Waals surface area contributed by atoms with Crippen molar-refractivity contribution in [2.24, 2.45) is 0 Å². The molecule has 0 radical (unpaired) electrons. The number of nitrogens with one attached hydrogen (secondary N) is 1. The first-order valence-corrected chi connectivity index (χ1v) is 10.8. The average Bonchev–Trinajstić information content (AvgIpc) is 3.29. The van der Waals surface area contributed by atoms with E-state index in [1.165, 1.54) is 18.2 Å². The topological polar surface area (TPSA) is 139 Å². The van der Waals surface area contributed by atoms with Gasteiger partial charge in [-0.25, -0.2) is 9.31 Å². The molecule has 0 spiro atoms. The van der Waals surface area contributed by atoms with E-state index in [9.17, 15) is 24.8 Å². The Kier molecular flexibility index (Phi) is 6.53. The van der Waals surface area contributed by atoms with Gasteiger partial charge in [0.1, 0.15) is 6.04 Å². The van der Waals surface area contributed by atoms with Gasteiger partial charge in [-0.15, -0.1) is 0 Å². The van der Waals surface area contributed by atoms with Crippen LogP contribution in [-0.4, -0.2) is 31.4 Å². The number of carbonyl (C=O) groups is 2. The average molecular weight is 492 g/mol. The minimum Gasteiger partial charge on any atom is -0.449 e. The van der Waals surface area contributed by atoms with Gasteiger partial charge in [0.05, 0.1) is 23.3 Å². The van der Waals surface area contributed by atoms with Gasteiger partial charge in [0.2, 0.25) is 5.91 Å². The quantitative estimate of drug-likeness (QED) is 0.382. The van der Waals surface area contributed by atoms with Crippen LogP contribution in [0.25, 0.3) is 16.6 Å². The van der Waals surface area contributed by atoms with Crippen LogP contribution in [0.4, 0.5) is 10.5 Å². The summed E-state index contributed by atoms with van der Waals surface area (Å²) < 4.78 is 7.67. The van der Waals surface area contributed by atoms with Crippen molar-refractivity contribution in [2.45, 2.75) is 19.4 Å². The number of halogens is 1. The number of nitriles is 1. The zero-order chi connectivity index (χ0) is 25.1. The van der Waals surface area contributed by atoms with Crippen LogP contribution in [0, 0.1) is 11.3 Å². The molecule has 0 saturated heterocycles. The Labute approximate surface area is 203 Å². The van der Waals surface area contributed by atoms with Gasteiger partial charge in [0.15, 0.2) is 5.75 Å². The number of rotatable bonds is 6. The highest BCUT2D eigenvalue weighted by atomic mass is 35.5. The maximum Gasteiger partial charge on any atom is 0.511 e. The molecule has 1 amide bonds. The molecule has 0 fully saturated rings. The van der Waals surface area contributed by atoms with Gasteiger partial charge < -0.3 is 15.2 Å². The SMILES string of the molecule is CCC(C(=O)Nc1ccn2nccc2c1)n1cc(OC(=O)O)c(-c2cc(Cl)ccc2C#N)cc1=O. The predicted molar refractivity (Wildman–Crippen MR) is 128 cm³/mol. The van der Waals surface area contributed by atoms with Crippen LogP contribution in [0.1, 0.15) is 24.9 Å². The molecule has 0 aliphatic carbocycles. The maximum atomic E-state index is 13.1. The molecule has 4 rings (SSSR count). The van der Waals surface area contributed by atoms with Crippen LogP contribution in [0.3, 0.4) is 0 Å². The fraction of sp³-hybridized carbons (Fsp3) is 0.125. The van der Waals surface area contributed by atoms with E-state index in [0.717, 1.165) is 22.3 Å². The largest absolute Gasteiger partial charge is 0.511 e. The smallest absolute Gasteiger partial charge is 0.449 e. The first-order valence-electron chi connectivity index (χ1n) is 10.4. The highest BCUT2D eigenvalue weighted by molar-refractivity contribution is 6.31. The summed E-state index contributed by atoms with van der Waals surface area (Å²) in [6.45, 7) is 1.72. The lowest BCUT2D eigenvalue weighted by Gasteiger charge is -2.20. The van der Waals surface area contributed by atoms with E-state index in [2.05, 4.69) is 10.4 Å². The summed E-state index contributed by atoms with van der Waals surface area (Å²) in [6.07, 6.45) is 3.07. The van der Waals surface area contributed by atoms with E-state index < -0.39 is 23.7 Å². The molecular formula is C24H18ClN5O5. The number of amides is 1. The summed E-state index contributed by atoms with van der Waals surface area (Å²) in [5, 5.41) is 25.9. The van der Waals surface area contributed by atoms with Crippen molar-refractivity contribution >= 4 is 34.9 Å². The van der Waals surface area contributed by atoms with E-state index in [-0.39, 0.29) is 33.9 Å². The number of nitrogens with zero attached hydrogens (tertiary/aromatic N) is 4. The van der Waals surface area contributed by atoms with Crippen molar-refractivity contribution in [2.75, 3.05) is 5.32 Å². The van der Waals surface area contributed by atoms with E-state index in [4.69, 9.17) is 16.3 Å².